The van der Waals surface area contributed by atoms with E-state index in [4.69, 9.17) is 0 Å². The molecule has 0 amide bonds. The van der Waals surface area contributed by atoms with Gasteiger partial charge in [-0.05, 0) is 36.5 Å². The summed E-state index contributed by atoms with van der Waals surface area (Å²) in [4.78, 5) is 6.77. The Morgan fingerprint density at radius 3 is 2.55 bits per heavy atom. The highest BCUT2D eigenvalue weighted by Gasteiger charge is 2.39. The highest BCUT2D eigenvalue weighted by Crippen LogP contribution is 2.30. The lowest BCUT2D eigenvalue weighted by Crippen LogP contribution is -2.65. The second-order valence-electron chi connectivity index (χ2n) is 7.39. The molecule has 2 rings (SSSR count). The van der Waals surface area contributed by atoms with Crippen LogP contribution in [0.3, 0.4) is 0 Å². The van der Waals surface area contributed by atoms with Crippen molar-refractivity contribution in [3.05, 3.63) is 30.1 Å². The van der Waals surface area contributed by atoms with Crippen molar-refractivity contribution < 1.29 is 0 Å². The first kappa shape index (κ1) is 15.5. The Labute approximate surface area is 123 Å². The maximum Gasteiger partial charge on any atom is 0.0307 e. The fraction of sp³-hybridized carbons (Fsp3) is 0.706. The van der Waals surface area contributed by atoms with Crippen molar-refractivity contribution in [3.63, 3.8) is 0 Å². The van der Waals surface area contributed by atoms with Crippen LogP contribution in [-0.4, -0.2) is 34.6 Å². The first-order valence-electron chi connectivity index (χ1n) is 7.72. The van der Waals surface area contributed by atoms with Gasteiger partial charge >= 0.3 is 0 Å². The molecular weight excluding hydrogens is 246 g/mol. The molecule has 1 aliphatic heterocycles. The van der Waals surface area contributed by atoms with Crippen molar-refractivity contribution in [2.24, 2.45) is 5.41 Å². The van der Waals surface area contributed by atoms with Gasteiger partial charge in [0, 0.05) is 43.6 Å². The van der Waals surface area contributed by atoms with Gasteiger partial charge in [-0.3, -0.25) is 9.88 Å². The maximum absolute atomic E-state index is 4.12. The molecule has 3 nitrogen and oxygen atoms in total. The highest BCUT2D eigenvalue weighted by atomic mass is 15.3. The predicted molar refractivity (Wildman–Crippen MR) is 84.6 cm³/mol. The van der Waals surface area contributed by atoms with Gasteiger partial charge in [0.1, 0.15) is 0 Å². The van der Waals surface area contributed by atoms with Crippen molar-refractivity contribution in [1.82, 2.24) is 15.2 Å². The van der Waals surface area contributed by atoms with Gasteiger partial charge in [0.05, 0.1) is 0 Å². The van der Waals surface area contributed by atoms with Gasteiger partial charge in [0.25, 0.3) is 0 Å². The minimum Gasteiger partial charge on any atom is -0.310 e. The number of hydrogen-bond donors (Lipinski definition) is 1. The lowest BCUT2D eigenvalue weighted by atomic mass is 9.81. The quantitative estimate of drug-likeness (QED) is 0.919. The third-order valence-corrected chi connectivity index (χ3v) is 4.83. The molecule has 0 spiro atoms. The van der Waals surface area contributed by atoms with E-state index in [0.29, 0.717) is 11.5 Å². The third kappa shape index (κ3) is 3.39. The summed E-state index contributed by atoms with van der Waals surface area (Å²) < 4.78 is 0. The molecule has 2 unspecified atom stereocenters. The predicted octanol–water partition coefficient (Wildman–Crippen LogP) is 3.07. The van der Waals surface area contributed by atoms with Gasteiger partial charge in [-0.2, -0.15) is 0 Å². The summed E-state index contributed by atoms with van der Waals surface area (Å²) in [5, 5.41) is 3.76. The van der Waals surface area contributed by atoms with Crippen LogP contribution in [0.15, 0.2) is 24.5 Å². The molecule has 0 bridgehead atoms. The number of rotatable bonds is 3. The van der Waals surface area contributed by atoms with Crippen molar-refractivity contribution in [1.29, 1.82) is 0 Å². The van der Waals surface area contributed by atoms with Gasteiger partial charge in [-0.15, -0.1) is 0 Å². The third-order valence-electron chi connectivity index (χ3n) is 4.83. The summed E-state index contributed by atoms with van der Waals surface area (Å²) in [6.07, 6.45) is 4.95. The van der Waals surface area contributed by atoms with E-state index in [-0.39, 0.29) is 5.54 Å². The van der Waals surface area contributed by atoms with Gasteiger partial charge in [-0.1, -0.05) is 27.7 Å². The van der Waals surface area contributed by atoms with Gasteiger partial charge < -0.3 is 5.32 Å². The summed E-state index contributed by atoms with van der Waals surface area (Å²) in [6.45, 7) is 14.8. The average Bonchev–Trinajstić information content (AvgIpc) is 2.41. The average molecular weight is 275 g/mol. The van der Waals surface area contributed by atoms with Crippen LogP contribution in [0, 0.1) is 5.41 Å². The molecule has 1 N–H and O–H groups in total. The van der Waals surface area contributed by atoms with Crippen LogP contribution in [-0.2, 0) is 6.54 Å². The standard InChI is InChI=1S/C17H29N3/c1-6-17(5)13-19-15(16(2,3)4)12-20(17)11-14-7-9-18-10-8-14/h7-10,15,19H,6,11-13H2,1-5H3. The van der Waals surface area contributed by atoms with Gasteiger partial charge in [0.15, 0.2) is 0 Å². The van der Waals surface area contributed by atoms with Crippen molar-refractivity contribution in [2.45, 2.75) is 59.2 Å². The minimum absolute atomic E-state index is 0.241. The van der Waals surface area contributed by atoms with Crippen LogP contribution in [0.25, 0.3) is 0 Å². The monoisotopic (exact) mass is 275 g/mol. The van der Waals surface area contributed by atoms with E-state index in [0.717, 1.165) is 19.6 Å². The number of pyridine rings is 1. The first-order chi connectivity index (χ1) is 9.35. The van der Waals surface area contributed by atoms with E-state index in [9.17, 15) is 0 Å². The number of piperazine rings is 1. The lowest BCUT2D eigenvalue weighted by Gasteiger charge is -2.51. The summed E-state index contributed by atoms with van der Waals surface area (Å²) >= 11 is 0. The van der Waals surface area contributed by atoms with Crippen LogP contribution >= 0.6 is 0 Å². The van der Waals surface area contributed by atoms with Crippen LogP contribution < -0.4 is 5.32 Å². The smallest absolute Gasteiger partial charge is 0.0307 e. The van der Waals surface area contributed by atoms with E-state index in [1.165, 1.54) is 12.0 Å². The summed E-state index contributed by atoms with van der Waals surface area (Å²) in [7, 11) is 0. The van der Waals surface area contributed by atoms with E-state index in [1.807, 2.05) is 12.4 Å². The Bertz CT molecular complexity index is 424. The molecule has 1 aliphatic rings. The lowest BCUT2D eigenvalue weighted by molar-refractivity contribution is 0.0157. The molecule has 2 heterocycles. The SMILES string of the molecule is CCC1(C)CNC(C(C)(C)C)CN1Cc1ccncc1. The van der Waals surface area contributed by atoms with Crippen molar-refractivity contribution >= 4 is 0 Å². The topological polar surface area (TPSA) is 28.2 Å². The summed E-state index contributed by atoms with van der Waals surface area (Å²) in [5.74, 6) is 0. The number of hydrogen-bond acceptors (Lipinski definition) is 3. The molecule has 0 aliphatic carbocycles. The number of nitrogens with zero attached hydrogens (tertiary/aromatic N) is 2. The Hall–Kier alpha value is -0.930. The summed E-state index contributed by atoms with van der Waals surface area (Å²) in [5.41, 5.74) is 1.89. The van der Waals surface area contributed by atoms with Crippen LogP contribution in [0.1, 0.15) is 46.6 Å². The van der Waals surface area contributed by atoms with E-state index >= 15 is 0 Å². The Morgan fingerprint density at radius 2 is 2.00 bits per heavy atom. The normalized spacial score (nSPS) is 28.6. The summed E-state index contributed by atoms with van der Waals surface area (Å²) in [6, 6.07) is 4.80. The molecule has 1 aromatic heterocycles. The van der Waals surface area contributed by atoms with E-state index in [1.54, 1.807) is 0 Å². The molecule has 2 atom stereocenters. The van der Waals surface area contributed by atoms with E-state index in [2.05, 4.69) is 62.0 Å². The van der Waals surface area contributed by atoms with Crippen LogP contribution in [0.4, 0.5) is 0 Å². The Balaban J connectivity index is 2.16. The fourth-order valence-corrected chi connectivity index (χ4v) is 2.85. The largest absolute Gasteiger partial charge is 0.310 e. The second kappa shape index (κ2) is 5.82. The maximum atomic E-state index is 4.12. The Morgan fingerprint density at radius 1 is 1.35 bits per heavy atom. The fourth-order valence-electron chi connectivity index (χ4n) is 2.85. The van der Waals surface area contributed by atoms with Gasteiger partial charge in [0.2, 0.25) is 0 Å². The zero-order chi connectivity index (χ0) is 14.8. The van der Waals surface area contributed by atoms with E-state index < -0.39 is 0 Å². The molecule has 1 fully saturated rings. The van der Waals surface area contributed by atoms with Crippen LogP contribution in [0.2, 0.25) is 0 Å². The second-order valence-corrected chi connectivity index (χ2v) is 7.39. The molecule has 0 aromatic carbocycles. The van der Waals surface area contributed by atoms with Crippen molar-refractivity contribution in [3.8, 4) is 0 Å². The Kier molecular flexibility index (Phi) is 4.50. The minimum atomic E-state index is 0.241. The zero-order valence-corrected chi connectivity index (χ0v) is 13.6. The molecule has 3 heteroatoms. The molecule has 1 aromatic rings. The zero-order valence-electron chi connectivity index (χ0n) is 13.6. The molecular formula is C17H29N3. The molecule has 112 valence electrons. The number of aromatic nitrogens is 1. The number of nitrogens with one attached hydrogen (secondary N) is 1. The highest BCUT2D eigenvalue weighted by molar-refractivity contribution is 5.11. The van der Waals surface area contributed by atoms with Crippen molar-refractivity contribution in [2.75, 3.05) is 13.1 Å². The first-order valence-corrected chi connectivity index (χ1v) is 7.72. The molecule has 20 heavy (non-hydrogen) atoms. The molecule has 1 saturated heterocycles. The van der Waals surface area contributed by atoms with Gasteiger partial charge in [-0.25, -0.2) is 0 Å². The molecule has 0 radical (unpaired) electrons. The van der Waals surface area contributed by atoms with Crippen LogP contribution in [0.5, 0.6) is 0 Å². The molecule has 0 saturated carbocycles.